The van der Waals surface area contributed by atoms with E-state index in [0.717, 1.165) is 11.3 Å². The van der Waals surface area contributed by atoms with E-state index in [-0.39, 0.29) is 11.6 Å². The molecular formula is C15H15BrFNO2. The Morgan fingerprint density at radius 3 is 2.70 bits per heavy atom. The van der Waals surface area contributed by atoms with Crippen molar-refractivity contribution < 1.29 is 14.2 Å². The van der Waals surface area contributed by atoms with Crippen molar-refractivity contribution in [3.63, 3.8) is 0 Å². The van der Waals surface area contributed by atoms with Crippen molar-refractivity contribution in [2.45, 2.75) is 13.5 Å². The molecule has 0 saturated carbocycles. The number of hydrogen-bond donors (Lipinski definition) is 2. The van der Waals surface area contributed by atoms with Gasteiger partial charge in [-0.2, -0.15) is 0 Å². The van der Waals surface area contributed by atoms with Gasteiger partial charge in [-0.25, -0.2) is 4.39 Å². The maximum Gasteiger partial charge on any atom is 0.172 e. The van der Waals surface area contributed by atoms with E-state index in [1.807, 2.05) is 0 Å². The molecule has 106 valence electrons. The summed E-state index contributed by atoms with van der Waals surface area (Å²) in [7, 11) is 1.50. The lowest BCUT2D eigenvalue weighted by Crippen LogP contribution is -2.01. The van der Waals surface area contributed by atoms with Gasteiger partial charge in [-0.05, 0) is 64.3 Å². The van der Waals surface area contributed by atoms with Crippen LogP contribution in [-0.4, -0.2) is 12.2 Å². The average Bonchev–Trinajstić information content (AvgIpc) is 2.43. The van der Waals surface area contributed by atoms with Crippen molar-refractivity contribution in [2.24, 2.45) is 0 Å². The SMILES string of the molecule is COc1cc(CNc2ccc(F)c(C)c2)cc(Br)c1O. The Morgan fingerprint density at radius 1 is 1.30 bits per heavy atom. The quantitative estimate of drug-likeness (QED) is 0.876. The van der Waals surface area contributed by atoms with Gasteiger partial charge >= 0.3 is 0 Å². The van der Waals surface area contributed by atoms with Gasteiger partial charge in [0.25, 0.3) is 0 Å². The van der Waals surface area contributed by atoms with Crippen LogP contribution in [0.2, 0.25) is 0 Å². The highest BCUT2D eigenvalue weighted by Gasteiger charge is 2.08. The normalized spacial score (nSPS) is 10.4. The third kappa shape index (κ3) is 3.22. The van der Waals surface area contributed by atoms with E-state index >= 15 is 0 Å². The van der Waals surface area contributed by atoms with Crippen molar-refractivity contribution in [1.29, 1.82) is 0 Å². The number of anilines is 1. The Morgan fingerprint density at radius 2 is 2.05 bits per heavy atom. The van der Waals surface area contributed by atoms with E-state index in [0.29, 0.717) is 22.3 Å². The molecule has 0 radical (unpaired) electrons. The lowest BCUT2D eigenvalue weighted by molar-refractivity contribution is 0.371. The molecule has 5 heteroatoms. The van der Waals surface area contributed by atoms with Gasteiger partial charge in [-0.1, -0.05) is 0 Å². The van der Waals surface area contributed by atoms with Crippen molar-refractivity contribution in [1.82, 2.24) is 0 Å². The number of halogens is 2. The first-order chi connectivity index (χ1) is 9.51. The van der Waals surface area contributed by atoms with Crippen molar-refractivity contribution >= 4 is 21.6 Å². The van der Waals surface area contributed by atoms with Crippen LogP contribution in [0, 0.1) is 12.7 Å². The molecule has 3 nitrogen and oxygen atoms in total. The topological polar surface area (TPSA) is 41.5 Å². The standard InChI is InChI=1S/C15H15BrFNO2/c1-9-5-11(3-4-13(9)17)18-8-10-6-12(16)15(19)14(7-10)20-2/h3-7,18-19H,8H2,1-2H3. The predicted molar refractivity (Wildman–Crippen MR) is 80.8 cm³/mol. The van der Waals surface area contributed by atoms with Crippen LogP contribution in [0.15, 0.2) is 34.8 Å². The molecule has 2 N–H and O–H groups in total. The van der Waals surface area contributed by atoms with Crippen molar-refractivity contribution in [3.05, 3.63) is 51.7 Å². The molecule has 2 aromatic carbocycles. The number of nitrogens with one attached hydrogen (secondary N) is 1. The zero-order valence-corrected chi connectivity index (χ0v) is 12.8. The molecule has 0 atom stereocenters. The number of rotatable bonds is 4. The minimum Gasteiger partial charge on any atom is -0.503 e. The number of methoxy groups -OCH3 is 1. The number of hydrogen-bond acceptors (Lipinski definition) is 3. The van der Waals surface area contributed by atoms with Crippen molar-refractivity contribution in [2.75, 3.05) is 12.4 Å². The first-order valence-corrected chi connectivity index (χ1v) is 6.86. The Balaban J connectivity index is 2.14. The number of phenols is 1. The summed E-state index contributed by atoms with van der Waals surface area (Å²) in [5.41, 5.74) is 2.38. The summed E-state index contributed by atoms with van der Waals surface area (Å²) in [6.07, 6.45) is 0. The summed E-state index contributed by atoms with van der Waals surface area (Å²) in [6, 6.07) is 8.44. The molecule has 2 rings (SSSR count). The first kappa shape index (κ1) is 14.7. The van der Waals surface area contributed by atoms with Crippen LogP contribution in [0.25, 0.3) is 0 Å². The molecule has 0 aliphatic rings. The highest BCUT2D eigenvalue weighted by Crippen LogP contribution is 2.35. The Labute approximate surface area is 125 Å². The second-order valence-electron chi connectivity index (χ2n) is 4.45. The molecule has 0 aliphatic heterocycles. The van der Waals surface area contributed by atoms with E-state index < -0.39 is 0 Å². The first-order valence-electron chi connectivity index (χ1n) is 6.06. The molecule has 0 unspecified atom stereocenters. The molecule has 0 aromatic heterocycles. The minimum atomic E-state index is -0.218. The lowest BCUT2D eigenvalue weighted by Gasteiger charge is -2.11. The van der Waals surface area contributed by atoms with E-state index in [1.165, 1.54) is 13.2 Å². The van der Waals surface area contributed by atoms with Crippen LogP contribution in [-0.2, 0) is 6.54 Å². The smallest absolute Gasteiger partial charge is 0.172 e. The zero-order valence-electron chi connectivity index (χ0n) is 11.2. The third-order valence-electron chi connectivity index (χ3n) is 2.96. The van der Waals surface area contributed by atoms with Gasteiger partial charge < -0.3 is 15.2 Å². The summed E-state index contributed by atoms with van der Waals surface area (Å²) in [4.78, 5) is 0. The van der Waals surface area contributed by atoms with Crippen LogP contribution in [0.1, 0.15) is 11.1 Å². The number of ether oxygens (including phenoxy) is 1. The molecule has 0 bridgehead atoms. The monoisotopic (exact) mass is 339 g/mol. The van der Waals surface area contributed by atoms with Gasteiger partial charge in [0.05, 0.1) is 11.6 Å². The number of aromatic hydroxyl groups is 1. The fourth-order valence-corrected chi connectivity index (χ4v) is 2.33. The average molecular weight is 340 g/mol. The lowest BCUT2D eigenvalue weighted by atomic mass is 10.1. The second kappa shape index (κ2) is 6.13. The van der Waals surface area contributed by atoms with E-state index in [2.05, 4.69) is 21.2 Å². The Hall–Kier alpha value is -1.75. The molecule has 0 amide bonds. The van der Waals surface area contributed by atoms with Crippen LogP contribution < -0.4 is 10.1 Å². The third-order valence-corrected chi connectivity index (χ3v) is 3.57. The van der Waals surface area contributed by atoms with Gasteiger partial charge in [-0.3, -0.25) is 0 Å². The molecule has 0 aliphatic carbocycles. The molecule has 2 aromatic rings. The highest BCUT2D eigenvalue weighted by molar-refractivity contribution is 9.10. The van der Waals surface area contributed by atoms with Gasteiger partial charge in [0.1, 0.15) is 5.82 Å². The molecule has 0 spiro atoms. The van der Waals surface area contributed by atoms with Crippen LogP contribution in [0.4, 0.5) is 10.1 Å². The Bertz CT molecular complexity index is 632. The largest absolute Gasteiger partial charge is 0.503 e. The molecule has 0 fully saturated rings. The number of phenolic OH excluding ortho intramolecular Hbond substituents is 1. The fraction of sp³-hybridized carbons (Fsp3) is 0.200. The van der Waals surface area contributed by atoms with Crippen LogP contribution in [0.3, 0.4) is 0 Å². The summed E-state index contributed by atoms with van der Waals surface area (Å²) in [5.74, 6) is 0.268. The van der Waals surface area contributed by atoms with Gasteiger partial charge in [0.2, 0.25) is 0 Å². The second-order valence-corrected chi connectivity index (χ2v) is 5.30. The number of benzene rings is 2. The number of aryl methyl sites for hydroxylation is 1. The van der Waals surface area contributed by atoms with Crippen molar-refractivity contribution in [3.8, 4) is 11.5 Å². The predicted octanol–water partition coefficient (Wildman–Crippen LogP) is 4.22. The summed E-state index contributed by atoms with van der Waals surface area (Å²) >= 11 is 3.28. The summed E-state index contributed by atoms with van der Waals surface area (Å²) < 4.78 is 18.8. The molecular weight excluding hydrogens is 325 g/mol. The molecule has 0 heterocycles. The van der Waals surface area contributed by atoms with Crippen LogP contribution in [0.5, 0.6) is 11.5 Å². The Kier molecular flexibility index (Phi) is 4.49. The fourth-order valence-electron chi connectivity index (χ4n) is 1.84. The molecule has 20 heavy (non-hydrogen) atoms. The van der Waals surface area contributed by atoms with Crippen LogP contribution >= 0.6 is 15.9 Å². The summed E-state index contributed by atoms with van der Waals surface area (Å²) in [5, 5.41) is 12.9. The minimum absolute atomic E-state index is 0.0777. The summed E-state index contributed by atoms with van der Waals surface area (Å²) in [6.45, 7) is 2.26. The van der Waals surface area contributed by atoms with E-state index in [1.54, 1.807) is 31.2 Å². The molecule has 0 saturated heterocycles. The maximum absolute atomic E-state index is 13.2. The van der Waals surface area contributed by atoms with E-state index in [4.69, 9.17) is 4.74 Å². The maximum atomic E-state index is 13.2. The van der Waals surface area contributed by atoms with Gasteiger partial charge in [0, 0.05) is 12.2 Å². The highest BCUT2D eigenvalue weighted by atomic mass is 79.9. The van der Waals surface area contributed by atoms with Gasteiger partial charge in [0.15, 0.2) is 11.5 Å². The van der Waals surface area contributed by atoms with Gasteiger partial charge in [-0.15, -0.1) is 0 Å². The zero-order chi connectivity index (χ0) is 14.7. The van der Waals surface area contributed by atoms with E-state index in [9.17, 15) is 9.50 Å².